The molecule has 3 rings (SSSR count). The molecule has 1 unspecified atom stereocenters. The topological polar surface area (TPSA) is 138 Å². The summed E-state index contributed by atoms with van der Waals surface area (Å²) in [5.41, 5.74) is 1.78. The molecule has 3 aromatic rings. The number of nitrogens with one attached hydrogen (secondary N) is 1. The molecule has 0 aliphatic rings. The summed E-state index contributed by atoms with van der Waals surface area (Å²) in [5.74, 6) is -2.23. The molecule has 0 bridgehead atoms. The van der Waals surface area contributed by atoms with Crippen LogP contribution < -0.4 is 9.67 Å². The summed E-state index contributed by atoms with van der Waals surface area (Å²) < 4.78 is 6.62. The number of rotatable bonds is 7. The van der Waals surface area contributed by atoms with Gasteiger partial charge in [-0.1, -0.05) is 0 Å². The van der Waals surface area contributed by atoms with Crippen LogP contribution in [0.15, 0.2) is 42.5 Å². The third-order valence-electron chi connectivity index (χ3n) is 4.60. The van der Waals surface area contributed by atoms with E-state index in [0.717, 1.165) is 5.39 Å². The Balaban J connectivity index is 1.85. The molecule has 9 nitrogen and oxygen atoms in total. The predicted molar refractivity (Wildman–Crippen MR) is 117 cm³/mol. The fraction of sp³-hybridized carbons (Fsp3) is 0.136. The van der Waals surface area contributed by atoms with Crippen LogP contribution in [0.25, 0.3) is 10.9 Å². The van der Waals surface area contributed by atoms with Gasteiger partial charge in [0, 0.05) is 0 Å². The summed E-state index contributed by atoms with van der Waals surface area (Å²) in [6.45, 7) is 0.813. The van der Waals surface area contributed by atoms with Crippen molar-refractivity contribution in [3.8, 4) is 6.07 Å². The summed E-state index contributed by atoms with van der Waals surface area (Å²) in [6.07, 6.45) is 0. The number of ether oxygens (including phenoxy) is 1. The van der Waals surface area contributed by atoms with Crippen LogP contribution in [0.3, 0.4) is 0 Å². The average Bonchev–Trinajstić information content (AvgIpc) is 3.08. The fourth-order valence-corrected chi connectivity index (χ4v) is 5.37. The molecule has 162 valence electrons. The average molecular weight is 495 g/mol. The van der Waals surface area contributed by atoms with Gasteiger partial charge in [-0.3, -0.25) is 0 Å². The Bertz CT molecular complexity index is 1300. The molecule has 1 atom stereocenters. The molecule has 0 aliphatic heterocycles. The monoisotopic (exact) mass is 495 g/mol. The Morgan fingerprint density at radius 2 is 1.91 bits per heavy atom. The number of carbonyl (C=O) groups is 4. The maximum absolute atomic E-state index is 13.0. The predicted octanol–water partition coefficient (Wildman–Crippen LogP) is 1.15. The van der Waals surface area contributed by atoms with Crippen LogP contribution in [0.4, 0.5) is 5.69 Å². The van der Waals surface area contributed by atoms with E-state index < -0.39 is 40.2 Å². The minimum absolute atomic E-state index is 0.0334. The van der Waals surface area contributed by atoms with Gasteiger partial charge in [0.1, 0.15) is 0 Å². The molecule has 32 heavy (non-hydrogen) atoms. The van der Waals surface area contributed by atoms with Crippen molar-refractivity contribution in [3.05, 3.63) is 59.3 Å². The number of benzene rings is 2. The van der Waals surface area contributed by atoms with Crippen LogP contribution in [0, 0.1) is 11.3 Å². The Morgan fingerprint density at radius 3 is 2.56 bits per heavy atom. The van der Waals surface area contributed by atoms with Crippen molar-refractivity contribution in [1.82, 2.24) is 4.57 Å². The van der Waals surface area contributed by atoms with Crippen LogP contribution in [-0.2, 0) is 21.4 Å². The second-order valence-electron chi connectivity index (χ2n) is 6.82. The number of hydrogen-bond donors (Lipinski definition) is 2. The third-order valence-corrected chi connectivity index (χ3v) is 7.09. The van der Waals surface area contributed by atoms with Crippen LogP contribution in [0.5, 0.6) is 0 Å². The second kappa shape index (κ2) is 9.50. The molecule has 1 heterocycles. The molecule has 0 aliphatic carbocycles. The van der Waals surface area contributed by atoms with E-state index in [0.29, 0.717) is 21.2 Å². The van der Waals surface area contributed by atoms with Crippen molar-refractivity contribution >= 4 is 59.1 Å². The third kappa shape index (κ3) is 5.05. The van der Waals surface area contributed by atoms with Gasteiger partial charge in [-0.05, 0) is 0 Å². The van der Waals surface area contributed by atoms with Gasteiger partial charge >= 0.3 is 189 Å². The Labute approximate surface area is 189 Å². The number of anilines is 1. The van der Waals surface area contributed by atoms with E-state index in [9.17, 15) is 24.3 Å². The number of carboxylic acids is 1. The molecule has 1 amide bonds. The Hall–Kier alpha value is -3.89. The SMILES string of the molecule is CC(=O)OCC(=O)Nc1ccc2cc(C(=O)[AsH]c3ccc(C#N)cc3C(=O)O)n(C)c2c1. The molecular formula is C22H18AsN3O6. The molecule has 2 aromatic carbocycles. The van der Waals surface area contributed by atoms with E-state index in [1.165, 1.54) is 25.1 Å². The zero-order valence-electron chi connectivity index (χ0n) is 17.1. The standard InChI is InChI=1S/C22H18AsN3O6/c1-12(27)32-11-20(28)25-15-5-4-14-8-19(26(2)18(14)9-15)21(29)23-17-6-3-13(10-24)7-16(17)22(30)31/h3-9,23H,11H2,1-2H3,(H,25,28)(H,30,31). The first kappa shape index (κ1) is 22.8. The number of nitriles is 1. The van der Waals surface area contributed by atoms with Gasteiger partial charge in [0.15, 0.2) is 0 Å². The van der Waals surface area contributed by atoms with E-state index in [-0.39, 0.29) is 15.7 Å². The summed E-state index contributed by atoms with van der Waals surface area (Å²) in [7, 11) is 1.71. The van der Waals surface area contributed by atoms with Crippen molar-refractivity contribution < 1.29 is 29.0 Å². The first-order valence-electron chi connectivity index (χ1n) is 9.31. The van der Waals surface area contributed by atoms with Gasteiger partial charge in [-0.2, -0.15) is 0 Å². The Kier molecular flexibility index (Phi) is 6.76. The normalized spacial score (nSPS) is 10.8. The van der Waals surface area contributed by atoms with Gasteiger partial charge in [0.25, 0.3) is 0 Å². The number of esters is 1. The summed E-state index contributed by atoms with van der Waals surface area (Å²) in [5, 5.41) is 21.8. The number of amides is 1. The van der Waals surface area contributed by atoms with Crippen LogP contribution in [-0.4, -0.2) is 54.4 Å². The molecular weight excluding hydrogens is 477 g/mol. The molecule has 0 fully saturated rings. The zero-order chi connectivity index (χ0) is 23.4. The molecule has 1 aromatic heterocycles. The first-order chi connectivity index (χ1) is 15.2. The first-order valence-corrected chi connectivity index (χ1v) is 11.4. The van der Waals surface area contributed by atoms with Crippen molar-refractivity contribution in [2.45, 2.75) is 6.92 Å². The van der Waals surface area contributed by atoms with Crippen molar-refractivity contribution in [1.29, 1.82) is 5.26 Å². The zero-order valence-corrected chi connectivity index (χ0v) is 19.2. The Morgan fingerprint density at radius 1 is 1.16 bits per heavy atom. The number of aryl methyl sites for hydroxylation is 1. The number of hydrogen-bond acceptors (Lipinski definition) is 6. The minimum atomic E-state index is -1.51. The number of aromatic carboxylic acids is 1. The van der Waals surface area contributed by atoms with Crippen LogP contribution in [0.2, 0.25) is 0 Å². The molecule has 0 spiro atoms. The van der Waals surface area contributed by atoms with Crippen molar-refractivity contribution in [3.63, 3.8) is 0 Å². The van der Waals surface area contributed by atoms with Gasteiger partial charge in [-0.25, -0.2) is 0 Å². The molecule has 2 N–H and O–H groups in total. The van der Waals surface area contributed by atoms with E-state index in [1.807, 2.05) is 6.07 Å². The molecule has 0 saturated heterocycles. The summed E-state index contributed by atoms with van der Waals surface area (Å²) in [4.78, 5) is 47.3. The summed E-state index contributed by atoms with van der Waals surface area (Å²) >= 11 is -1.51. The number of carboxylic acid groups (broad SMARTS) is 1. The number of aromatic nitrogens is 1. The van der Waals surface area contributed by atoms with E-state index in [2.05, 4.69) is 10.1 Å². The van der Waals surface area contributed by atoms with Crippen molar-refractivity contribution in [2.24, 2.45) is 7.05 Å². The van der Waals surface area contributed by atoms with Crippen LogP contribution in [0.1, 0.15) is 33.3 Å². The molecule has 0 saturated carbocycles. The molecule has 10 heteroatoms. The number of fused-ring (bicyclic) bond motifs is 1. The van der Waals surface area contributed by atoms with E-state index >= 15 is 0 Å². The maximum atomic E-state index is 13.0. The van der Waals surface area contributed by atoms with Crippen molar-refractivity contribution in [2.75, 3.05) is 11.9 Å². The van der Waals surface area contributed by atoms with E-state index in [1.54, 1.807) is 35.9 Å². The van der Waals surface area contributed by atoms with Gasteiger partial charge < -0.3 is 0 Å². The second-order valence-corrected chi connectivity index (χ2v) is 9.43. The summed E-state index contributed by atoms with van der Waals surface area (Å²) in [6, 6.07) is 13.0. The quantitative estimate of drug-likeness (QED) is 0.371. The van der Waals surface area contributed by atoms with E-state index in [4.69, 9.17) is 5.26 Å². The number of carbonyl (C=O) groups excluding carboxylic acids is 3. The fourth-order valence-electron chi connectivity index (χ4n) is 3.08. The number of nitrogens with zero attached hydrogens (tertiary/aromatic N) is 2. The van der Waals surface area contributed by atoms with Gasteiger partial charge in [0.05, 0.1) is 0 Å². The van der Waals surface area contributed by atoms with Crippen LogP contribution >= 0.6 is 0 Å². The molecule has 0 radical (unpaired) electrons. The van der Waals surface area contributed by atoms with Gasteiger partial charge in [-0.15, -0.1) is 0 Å². The van der Waals surface area contributed by atoms with Gasteiger partial charge in [0.2, 0.25) is 0 Å².